The van der Waals surface area contributed by atoms with E-state index in [-0.39, 0.29) is 17.7 Å². The lowest BCUT2D eigenvalue weighted by atomic mass is 10.2. The van der Waals surface area contributed by atoms with Crippen LogP contribution in [0.15, 0.2) is 0 Å². The second-order valence-electron chi connectivity index (χ2n) is 4.18. The Morgan fingerprint density at radius 1 is 1.62 bits per heavy atom. The Labute approximate surface area is 101 Å². The number of amides is 2. The Bertz CT molecular complexity index is 258. The van der Waals surface area contributed by atoms with Crippen LogP contribution in [0.25, 0.3) is 0 Å². The molecule has 1 atom stereocenters. The molecular formula is C11H19ClN2O2. The van der Waals surface area contributed by atoms with Gasteiger partial charge in [-0.3, -0.25) is 9.59 Å². The number of nitrogens with one attached hydrogen (secondary N) is 1. The molecule has 1 heterocycles. The van der Waals surface area contributed by atoms with Gasteiger partial charge in [0.1, 0.15) is 0 Å². The molecule has 1 unspecified atom stereocenters. The van der Waals surface area contributed by atoms with Gasteiger partial charge in [0.15, 0.2) is 0 Å². The van der Waals surface area contributed by atoms with Gasteiger partial charge in [-0.2, -0.15) is 0 Å². The van der Waals surface area contributed by atoms with Crippen LogP contribution in [0.4, 0.5) is 0 Å². The summed E-state index contributed by atoms with van der Waals surface area (Å²) in [7, 11) is 0. The molecule has 1 saturated heterocycles. The summed E-state index contributed by atoms with van der Waals surface area (Å²) in [6, 6.07) is 0. The molecule has 0 saturated carbocycles. The summed E-state index contributed by atoms with van der Waals surface area (Å²) in [6.45, 7) is 4.02. The molecule has 1 aliphatic rings. The fourth-order valence-corrected chi connectivity index (χ4v) is 1.81. The first-order chi connectivity index (χ1) is 7.65. The molecular weight excluding hydrogens is 228 g/mol. The van der Waals surface area contributed by atoms with Crippen LogP contribution in [-0.2, 0) is 9.59 Å². The molecule has 1 rings (SSSR count). The first-order valence-electron chi connectivity index (χ1n) is 5.76. The number of carbonyl (C=O) groups excluding carboxylic acids is 2. The van der Waals surface area contributed by atoms with E-state index in [9.17, 15) is 9.59 Å². The van der Waals surface area contributed by atoms with Crippen LogP contribution in [0, 0.1) is 5.92 Å². The lowest BCUT2D eigenvalue weighted by Crippen LogP contribution is -2.33. The summed E-state index contributed by atoms with van der Waals surface area (Å²) in [5.41, 5.74) is 0. The molecule has 0 aromatic carbocycles. The van der Waals surface area contributed by atoms with Crippen LogP contribution in [-0.4, -0.2) is 42.2 Å². The lowest BCUT2D eigenvalue weighted by Gasteiger charge is -2.15. The van der Waals surface area contributed by atoms with Crippen molar-refractivity contribution in [2.45, 2.75) is 26.2 Å². The predicted molar refractivity (Wildman–Crippen MR) is 63.3 cm³/mol. The van der Waals surface area contributed by atoms with E-state index in [1.54, 1.807) is 6.92 Å². The van der Waals surface area contributed by atoms with Gasteiger partial charge in [-0.15, -0.1) is 11.6 Å². The van der Waals surface area contributed by atoms with Gasteiger partial charge in [0.2, 0.25) is 11.8 Å². The van der Waals surface area contributed by atoms with E-state index < -0.39 is 0 Å². The Balaban J connectivity index is 2.07. The third-order valence-electron chi connectivity index (χ3n) is 2.75. The molecule has 5 heteroatoms. The summed E-state index contributed by atoms with van der Waals surface area (Å²) in [5, 5.41) is 2.81. The minimum atomic E-state index is -0.143. The lowest BCUT2D eigenvalue weighted by molar-refractivity contribution is -0.127. The molecule has 0 aromatic heterocycles. The van der Waals surface area contributed by atoms with Gasteiger partial charge in [-0.05, 0) is 12.8 Å². The molecule has 0 radical (unpaired) electrons. The molecule has 92 valence electrons. The van der Waals surface area contributed by atoms with Crippen LogP contribution in [0.1, 0.15) is 26.2 Å². The van der Waals surface area contributed by atoms with Gasteiger partial charge in [0.05, 0.1) is 0 Å². The SMILES string of the molecule is CC(CCl)C(=O)NCCCN1CCCC1=O. The van der Waals surface area contributed by atoms with E-state index in [1.165, 1.54) is 0 Å². The van der Waals surface area contributed by atoms with Gasteiger partial charge in [-0.1, -0.05) is 6.92 Å². The van der Waals surface area contributed by atoms with E-state index in [2.05, 4.69) is 5.32 Å². The molecule has 0 aromatic rings. The third kappa shape index (κ3) is 4.00. The maximum Gasteiger partial charge on any atom is 0.224 e. The maximum absolute atomic E-state index is 11.4. The Morgan fingerprint density at radius 3 is 2.94 bits per heavy atom. The van der Waals surface area contributed by atoms with Crippen molar-refractivity contribution in [2.75, 3.05) is 25.5 Å². The van der Waals surface area contributed by atoms with Crippen molar-refractivity contribution >= 4 is 23.4 Å². The number of likely N-dealkylation sites (tertiary alicyclic amines) is 1. The predicted octanol–water partition coefficient (Wildman–Crippen LogP) is 0.990. The first kappa shape index (κ1) is 13.3. The fraction of sp³-hybridized carbons (Fsp3) is 0.818. The quantitative estimate of drug-likeness (QED) is 0.561. The highest BCUT2D eigenvalue weighted by atomic mass is 35.5. The number of nitrogens with zero attached hydrogens (tertiary/aromatic N) is 1. The minimum absolute atomic E-state index is 0.0113. The summed E-state index contributed by atoms with van der Waals surface area (Å²) in [4.78, 5) is 24.5. The van der Waals surface area contributed by atoms with Crippen LogP contribution in [0.5, 0.6) is 0 Å². The Hall–Kier alpha value is -0.770. The summed E-state index contributed by atoms with van der Waals surface area (Å²) < 4.78 is 0. The van der Waals surface area contributed by atoms with Crippen molar-refractivity contribution in [3.05, 3.63) is 0 Å². The maximum atomic E-state index is 11.4. The molecule has 16 heavy (non-hydrogen) atoms. The molecule has 0 spiro atoms. The molecule has 1 N–H and O–H groups in total. The second kappa shape index (κ2) is 6.74. The van der Waals surface area contributed by atoms with Gasteiger partial charge in [0, 0.05) is 37.9 Å². The Morgan fingerprint density at radius 2 is 2.38 bits per heavy atom. The highest BCUT2D eigenvalue weighted by molar-refractivity contribution is 6.19. The molecule has 0 aliphatic carbocycles. The van der Waals surface area contributed by atoms with Crippen molar-refractivity contribution in [2.24, 2.45) is 5.92 Å². The molecule has 4 nitrogen and oxygen atoms in total. The summed E-state index contributed by atoms with van der Waals surface area (Å²) in [6.07, 6.45) is 2.45. The molecule has 1 fully saturated rings. The standard InChI is InChI=1S/C11H19ClN2O2/c1-9(8-12)11(16)13-5-3-7-14-6-2-4-10(14)15/h9H,2-8H2,1H3,(H,13,16). The van der Waals surface area contributed by atoms with Gasteiger partial charge in [-0.25, -0.2) is 0 Å². The van der Waals surface area contributed by atoms with Crippen molar-refractivity contribution in [1.82, 2.24) is 10.2 Å². The van der Waals surface area contributed by atoms with Crippen LogP contribution >= 0.6 is 11.6 Å². The van der Waals surface area contributed by atoms with Crippen molar-refractivity contribution < 1.29 is 9.59 Å². The number of hydrogen-bond acceptors (Lipinski definition) is 2. The zero-order valence-electron chi connectivity index (χ0n) is 9.67. The number of carbonyl (C=O) groups is 2. The highest BCUT2D eigenvalue weighted by Gasteiger charge is 2.19. The summed E-state index contributed by atoms with van der Waals surface area (Å²) >= 11 is 5.57. The first-order valence-corrected chi connectivity index (χ1v) is 6.30. The average molecular weight is 247 g/mol. The Kier molecular flexibility index (Phi) is 5.60. The molecule has 0 bridgehead atoms. The monoisotopic (exact) mass is 246 g/mol. The van der Waals surface area contributed by atoms with Crippen molar-refractivity contribution in [1.29, 1.82) is 0 Å². The zero-order valence-corrected chi connectivity index (χ0v) is 10.4. The molecule has 1 aliphatic heterocycles. The van der Waals surface area contributed by atoms with Crippen LogP contribution in [0.2, 0.25) is 0 Å². The van der Waals surface area contributed by atoms with Crippen molar-refractivity contribution in [3.8, 4) is 0 Å². The van der Waals surface area contributed by atoms with E-state index >= 15 is 0 Å². The average Bonchev–Trinajstić information content (AvgIpc) is 2.69. The number of rotatable bonds is 6. The van der Waals surface area contributed by atoms with Crippen molar-refractivity contribution in [3.63, 3.8) is 0 Å². The molecule has 2 amide bonds. The van der Waals surface area contributed by atoms with E-state index in [1.807, 2.05) is 4.90 Å². The van der Waals surface area contributed by atoms with Gasteiger partial charge < -0.3 is 10.2 Å². The third-order valence-corrected chi connectivity index (χ3v) is 3.22. The van der Waals surface area contributed by atoms with Gasteiger partial charge in [0.25, 0.3) is 0 Å². The van der Waals surface area contributed by atoms with Gasteiger partial charge >= 0.3 is 0 Å². The van der Waals surface area contributed by atoms with E-state index in [0.717, 1.165) is 25.9 Å². The second-order valence-corrected chi connectivity index (χ2v) is 4.49. The van der Waals surface area contributed by atoms with Crippen LogP contribution < -0.4 is 5.32 Å². The van der Waals surface area contributed by atoms with E-state index in [0.29, 0.717) is 18.8 Å². The minimum Gasteiger partial charge on any atom is -0.356 e. The fourth-order valence-electron chi connectivity index (χ4n) is 1.67. The normalized spacial score (nSPS) is 17.6. The number of halogens is 1. The largest absolute Gasteiger partial charge is 0.356 e. The smallest absolute Gasteiger partial charge is 0.224 e. The van der Waals surface area contributed by atoms with E-state index in [4.69, 9.17) is 11.6 Å². The van der Waals surface area contributed by atoms with Crippen LogP contribution in [0.3, 0.4) is 0 Å². The zero-order chi connectivity index (χ0) is 12.0. The topological polar surface area (TPSA) is 49.4 Å². The highest BCUT2D eigenvalue weighted by Crippen LogP contribution is 2.09. The number of alkyl halides is 1. The number of hydrogen-bond donors (Lipinski definition) is 1. The summed E-state index contributed by atoms with van der Waals surface area (Å²) in [5.74, 6) is 0.425.